The molecule has 0 saturated carbocycles. The summed E-state index contributed by atoms with van der Waals surface area (Å²) in [4.78, 5) is 23.4. The van der Waals surface area contributed by atoms with Gasteiger partial charge in [-0.3, -0.25) is 9.59 Å². The van der Waals surface area contributed by atoms with Crippen molar-refractivity contribution in [1.82, 2.24) is 5.32 Å². The second-order valence-corrected chi connectivity index (χ2v) is 4.52. The largest absolute Gasteiger partial charge is 0.418 e. The third-order valence-electron chi connectivity index (χ3n) is 3.09. The number of alkyl halides is 3. The highest BCUT2D eigenvalue weighted by molar-refractivity contribution is 6.07. The van der Waals surface area contributed by atoms with Crippen molar-refractivity contribution in [2.24, 2.45) is 5.92 Å². The number of amides is 2. The average molecular weight is 286 g/mol. The lowest BCUT2D eigenvalue weighted by Gasteiger charge is -2.22. The SMILES string of the molecule is O=C1NCCC[C@H]1C(=O)Nc1ccccc1C(F)(F)F. The minimum atomic E-state index is -4.56. The lowest BCUT2D eigenvalue weighted by Crippen LogP contribution is -2.42. The molecular weight excluding hydrogens is 273 g/mol. The molecule has 108 valence electrons. The standard InChI is InChI=1S/C13H13F3N2O2/c14-13(15,16)9-5-1-2-6-10(9)18-12(20)8-4-3-7-17-11(8)19/h1-2,5-6,8H,3-4,7H2,(H,17,19)(H,18,20)/t8-/m1/s1. The van der Waals surface area contributed by atoms with Crippen LogP contribution in [0, 0.1) is 5.92 Å². The van der Waals surface area contributed by atoms with E-state index in [1.165, 1.54) is 18.2 Å². The van der Waals surface area contributed by atoms with Crippen LogP contribution in [0.5, 0.6) is 0 Å². The Morgan fingerprint density at radius 1 is 1.30 bits per heavy atom. The van der Waals surface area contributed by atoms with Gasteiger partial charge in [0, 0.05) is 6.54 Å². The molecule has 1 aromatic rings. The van der Waals surface area contributed by atoms with Gasteiger partial charge in [-0.05, 0) is 25.0 Å². The number of carbonyl (C=O) groups excluding carboxylic acids is 2. The Kier molecular flexibility index (Phi) is 3.96. The van der Waals surface area contributed by atoms with Gasteiger partial charge < -0.3 is 10.6 Å². The minimum Gasteiger partial charge on any atom is -0.355 e. The third-order valence-corrected chi connectivity index (χ3v) is 3.09. The normalized spacial score (nSPS) is 19.4. The van der Waals surface area contributed by atoms with Crippen LogP contribution in [-0.2, 0) is 15.8 Å². The highest BCUT2D eigenvalue weighted by Crippen LogP contribution is 2.34. The topological polar surface area (TPSA) is 58.2 Å². The third kappa shape index (κ3) is 3.09. The number of piperidine rings is 1. The van der Waals surface area contributed by atoms with Crippen LogP contribution in [0.3, 0.4) is 0 Å². The molecule has 20 heavy (non-hydrogen) atoms. The Morgan fingerprint density at radius 3 is 2.65 bits per heavy atom. The lowest BCUT2D eigenvalue weighted by atomic mass is 9.97. The average Bonchev–Trinajstić information content (AvgIpc) is 2.38. The number of hydrogen-bond donors (Lipinski definition) is 2. The van der Waals surface area contributed by atoms with Gasteiger partial charge in [0.15, 0.2) is 0 Å². The first kappa shape index (κ1) is 14.4. The molecule has 1 heterocycles. The van der Waals surface area contributed by atoms with Gasteiger partial charge in [0.25, 0.3) is 0 Å². The molecular formula is C13H13F3N2O2. The number of para-hydroxylation sites is 1. The molecule has 0 spiro atoms. The van der Waals surface area contributed by atoms with Crippen molar-refractivity contribution >= 4 is 17.5 Å². The summed E-state index contributed by atoms with van der Waals surface area (Å²) in [6.45, 7) is 0.488. The second-order valence-electron chi connectivity index (χ2n) is 4.52. The van der Waals surface area contributed by atoms with Gasteiger partial charge in [-0.15, -0.1) is 0 Å². The summed E-state index contributed by atoms with van der Waals surface area (Å²) < 4.78 is 38.4. The van der Waals surface area contributed by atoms with E-state index in [4.69, 9.17) is 0 Å². The van der Waals surface area contributed by atoms with Crippen LogP contribution in [0.2, 0.25) is 0 Å². The van der Waals surface area contributed by atoms with E-state index in [-0.39, 0.29) is 5.69 Å². The molecule has 1 aliphatic heterocycles. The molecule has 0 unspecified atom stereocenters. The van der Waals surface area contributed by atoms with Crippen molar-refractivity contribution in [3.8, 4) is 0 Å². The van der Waals surface area contributed by atoms with E-state index >= 15 is 0 Å². The molecule has 1 aliphatic rings. The van der Waals surface area contributed by atoms with Gasteiger partial charge in [-0.25, -0.2) is 0 Å². The molecule has 2 N–H and O–H groups in total. The van der Waals surface area contributed by atoms with Crippen LogP contribution in [0.4, 0.5) is 18.9 Å². The fraction of sp³-hybridized carbons (Fsp3) is 0.385. The maximum atomic E-state index is 12.8. The summed E-state index contributed by atoms with van der Waals surface area (Å²) in [6, 6.07) is 4.69. The molecule has 0 radical (unpaired) electrons. The van der Waals surface area contributed by atoms with E-state index in [2.05, 4.69) is 10.6 Å². The molecule has 0 aliphatic carbocycles. The second kappa shape index (κ2) is 5.52. The highest BCUT2D eigenvalue weighted by atomic mass is 19.4. The fourth-order valence-corrected chi connectivity index (χ4v) is 2.08. The molecule has 1 saturated heterocycles. The van der Waals surface area contributed by atoms with Crippen LogP contribution in [0.15, 0.2) is 24.3 Å². The van der Waals surface area contributed by atoms with Gasteiger partial charge in [-0.1, -0.05) is 12.1 Å². The molecule has 1 aromatic carbocycles. The Balaban J connectivity index is 2.18. The van der Waals surface area contributed by atoms with Crippen molar-refractivity contribution in [1.29, 1.82) is 0 Å². The van der Waals surface area contributed by atoms with E-state index in [0.717, 1.165) is 6.07 Å². The number of rotatable bonds is 2. The van der Waals surface area contributed by atoms with E-state index in [1.807, 2.05) is 0 Å². The molecule has 1 atom stereocenters. The van der Waals surface area contributed by atoms with Crippen molar-refractivity contribution < 1.29 is 22.8 Å². The summed E-state index contributed by atoms with van der Waals surface area (Å²) in [6.07, 6.45) is -3.59. The Hall–Kier alpha value is -2.05. The maximum Gasteiger partial charge on any atom is 0.418 e. The Morgan fingerprint density at radius 2 is 2.00 bits per heavy atom. The first-order chi connectivity index (χ1) is 9.39. The Labute approximate surface area is 113 Å². The highest BCUT2D eigenvalue weighted by Gasteiger charge is 2.35. The monoisotopic (exact) mass is 286 g/mol. The van der Waals surface area contributed by atoms with Gasteiger partial charge in [0.2, 0.25) is 11.8 Å². The molecule has 0 aromatic heterocycles. The predicted molar refractivity (Wildman–Crippen MR) is 65.8 cm³/mol. The van der Waals surface area contributed by atoms with Crippen LogP contribution in [0.25, 0.3) is 0 Å². The number of nitrogens with one attached hydrogen (secondary N) is 2. The van der Waals surface area contributed by atoms with Gasteiger partial charge >= 0.3 is 6.18 Å². The first-order valence-corrected chi connectivity index (χ1v) is 6.14. The van der Waals surface area contributed by atoms with E-state index in [1.54, 1.807) is 0 Å². The zero-order valence-corrected chi connectivity index (χ0v) is 10.5. The molecule has 0 bridgehead atoms. The summed E-state index contributed by atoms with van der Waals surface area (Å²) in [5.41, 5.74) is -1.26. The van der Waals surface area contributed by atoms with E-state index in [9.17, 15) is 22.8 Å². The quantitative estimate of drug-likeness (QED) is 0.819. The van der Waals surface area contributed by atoms with Crippen LogP contribution in [-0.4, -0.2) is 18.4 Å². The summed E-state index contributed by atoms with van der Waals surface area (Å²) in [5, 5.41) is 4.72. The van der Waals surface area contributed by atoms with Crippen molar-refractivity contribution in [3.05, 3.63) is 29.8 Å². The zero-order chi connectivity index (χ0) is 14.8. The fourth-order valence-electron chi connectivity index (χ4n) is 2.08. The zero-order valence-electron chi connectivity index (χ0n) is 10.5. The molecule has 4 nitrogen and oxygen atoms in total. The number of carbonyl (C=O) groups is 2. The first-order valence-electron chi connectivity index (χ1n) is 6.14. The Bertz CT molecular complexity index is 529. The van der Waals surface area contributed by atoms with Crippen LogP contribution in [0.1, 0.15) is 18.4 Å². The lowest BCUT2D eigenvalue weighted by molar-refractivity contribution is -0.137. The summed E-state index contributed by atoms with van der Waals surface area (Å²) >= 11 is 0. The summed E-state index contributed by atoms with van der Waals surface area (Å²) in [7, 11) is 0. The van der Waals surface area contributed by atoms with Gasteiger partial charge in [-0.2, -0.15) is 13.2 Å². The van der Waals surface area contributed by atoms with Crippen LogP contribution < -0.4 is 10.6 Å². The molecule has 2 rings (SSSR count). The number of hydrogen-bond acceptors (Lipinski definition) is 2. The molecule has 2 amide bonds. The van der Waals surface area contributed by atoms with E-state index < -0.39 is 29.5 Å². The van der Waals surface area contributed by atoms with Gasteiger partial charge in [0.05, 0.1) is 11.3 Å². The minimum absolute atomic E-state index is 0.330. The van der Waals surface area contributed by atoms with E-state index in [0.29, 0.717) is 19.4 Å². The number of anilines is 1. The number of benzene rings is 1. The van der Waals surface area contributed by atoms with Crippen molar-refractivity contribution in [2.45, 2.75) is 19.0 Å². The van der Waals surface area contributed by atoms with Crippen molar-refractivity contribution in [2.75, 3.05) is 11.9 Å². The van der Waals surface area contributed by atoms with Crippen LogP contribution >= 0.6 is 0 Å². The smallest absolute Gasteiger partial charge is 0.355 e. The van der Waals surface area contributed by atoms with Crippen molar-refractivity contribution in [3.63, 3.8) is 0 Å². The maximum absolute atomic E-state index is 12.8. The molecule has 1 fully saturated rings. The predicted octanol–water partition coefficient (Wildman–Crippen LogP) is 2.17. The molecule has 7 heteroatoms. The van der Waals surface area contributed by atoms with Gasteiger partial charge in [0.1, 0.15) is 5.92 Å². The summed E-state index contributed by atoms with van der Waals surface area (Å²) in [5.74, 6) is -2.10. The number of halogens is 3.